The van der Waals surface area contributed by atoms with Crippen LogP contribution in [0.2, 0.25) is 0 Å². The molecule has 0 nitrogen and oxygen atoms in total. The topological polar surface area (TPSA) is 0 Å². The second-order valence-electron chi connectivity index (χ2n) is 5.26. The molecule has 0 spiro atoms. The normalized spacial score (nSPS) is 16.5. The van der Waals surface area contributed by atoms with E-state index in [9.17, 15) is 0 Å². The average molecular weight is 294 g/mol. The van der Waals surface area contributed by atoms with Gasteiger partial charge in [0.2, 0.25) is 0 Å². The second-order valence-corrected chi connectivity index (χ2v) is 5.26. The first-order valence-electron chi connectivity index (χ1n) is 6.07. The minimum absolute atomic E-state index is 0. The summed E-state index contributed by atoms with van der Waals surface area (Å²) in [5.74, 6) is 0. The van der Waals surface area contributed by atoms with E-state index in [-0.39, 0.29) is 36.6 Å². The van der Waals surface area contributed by atoms with Gasteiger partial charge in [-0.2, -0.15) is 0 Å². The fourth-order valence-corrected chi connectivity index (χ4v) is 2.20. The van der Waals surface area contributed by atoms with Crippen LogP contribution in [0.4, 0.5) is 0 Å². The smallest absolute Gasteiger partial charge is 0.358 e. The second kappa shape index (κ2) is 10.5. The Bertz CT molecular complexity index is 363. The molecule has 19 heavy (non-hydrogen) atoms. The number of rotatable bonds is 0. The van der Waals surface area contributed by atoms with Crippen LogP contribution in [0.5, 0.6) is 0 Å². The third-order valence-corrected chi connectivity index (χ3v) is 3.36. The van der Waals surface area contributed by atoms with E-state index in [1.54, 1.807) is 0 Å². The maximum atomic E-state index is 2.26. The monoisotopic (exact) mass is 294 g/mol. The van der Waals surface area contributed by atoms with Gasteiger partial charge in [0.15, 0.2) is 0 Å². The molecule has 0 saturated carbocycles. The van der Waals surface area contributed by atoms with Gasteiger partial charge < -0.3 is 14.9 Å². The maximum Gasteiger partial charge on any atom is 2.00 e. The summed E-state index contributed by atoms with van der Waals surface area (Å²) >= 11 is 0. The van der Waals surface area contributed by atoms with Crippen molar-refractivity contribution in [3.8, 4) is 0 Å². The average Bonchev–Trinajstić information content (AvgIpc) is 2.58. The number of hydrogen-bond acceptors (Lipinski definition) is 0. The molecule has 0 aromatic carbocycles. The minimum atomic E-state index is 0. The largest absolute Gasteiger partial charge is 2.00 e. The van der Waals surface area contributed by atoms with Gasteiger partial charge in [-0.25, -0.2) is 0 Å². The van der Waals surface area contributed by atoms with E-state index in [4.69, 9.17) is 0 Å². The summed E-state index contributed by atoms with van der Waals surface area (Å²) in [6.07, 6.45) is 6.92. The van der Waals surface area contributed by atoms with Gasteiger partial charge in [0.05, 0.1) is 0 Å². The predicted molar refractivity (Wildman–Crippen MR) is 86.3 cm³/mol. The van der Waals surface area contributed by atoms with Crippen LogP contribution in [0, 0.1) is 14.9 Å². The van der Waals surface area contributed by atoms with Gasteiger partial charge in [0.25, 0.3) is 0 Å². The molecule has 0 radical (unpaired) electrons. The molecule has 0 unspecified atom stereocenters. The quantitative estimate of drug-likeness (QED) is 0.366. The summed E-state index contributed by atoms with van der Waals surface area (Å²) < 4.78 is 0. The summed E-state index contributed by atoms with van der Waals surface area (Å²) in [7, 11) is 0. The van der Waals surface area contributed by atoms with Gasteiger partial charge in [-0.3, -0.25) is 0 Å². The molecule has 0 atom stereocenters. The van der Waals surface area contributed by atoms with Crippen LogP contribution in [-0.2, 0) is 21.7 Å². The molecule has 2 rings (SSSR count). The van der Waals surface area contributed by atoms with Crippen LogP contribution < -0.4 is 0 Å². The first-order chi connectivity index (χ1) is 7.40. The zero-order valence-electron chi connectivity index (χ0n) is 14.1. The Balaban J connectivity index is -0.000000233. The van der Waals surface area contributed by atoms with Crippen molar-refractivity contribution in [2.24, 2.45) is 0 Å². The summed E-state index contributed by atoms with van der Waals surface area (Å²) in [4.78, 5) is 0. The zero-order valence-corrected chi connectivity index (χ0v) is 15.6. The molecule has 2 aliphatic carbocycles. The fourth-order valence-electron chi connectivity index (χ4n) is 2.20. The van der Waals surface area contributed by atoms with E-state index in [1.165, 1.54) is 46.3 Å². The minimum Gasteiger partial charge on any atom is -0.358 e. The van der Waals surface area contributed by atoms with E-state index in [2.05, 4.69) is 53.7 Å². The molecule has 0 N–H and O–H groups in total. The van der Waals surface area contributed by atoms with E-state index >= 15 is 0 Å². The van der Waals surface area contributed by atoms with Crippen LogP contribution in [0.25, 0.3) is 0 Å². The molecule has 106 valence electrons. The summed E-state index contributed by atoms with van der Waals surface area (Å²) in [5, 5.41) is 0. The van der Waals surface area contributed by atoms with Crippen molar-refractivity contribution < 1.29 is 21.7 Å². The Kier molecular flexibility index (Phi) is 13.1. The van der Waals surface area contributed by atoms with Crippen molar-refractivity contribution in [2.75, 3.05) is 0 Å². The fraction of sp³-hybridized carbons (Fsp3) is 0.444. The van der Waals surface area contributed by atoms with E-state index in [1.807, 2.05) is 0 Å². The number of hydrogen-bond donors (Lipinski definition) is 0. The molecule has 0 aromatic heterocycles. The van der Waals surface area contributed by atoms with Gasteiger partial charge in [0, 0.05) is 0 Å². The van der Waals surface area contributed by atoms with Crippen molar-refractivity contribution in [1.29, 1.82) is 0 Å². The van der Waals surface area contributed by atoms with Gasteiger partial charge in [0.1, 0.15) is 0 Å². The summed E-state index contributed by atoms with van der Waals surface area (Å²) in [6, 6.07) is 0. The standard InChI is InChI=1S/2C8H12.2CH3.Ti/c2*1-6-4-7(2)8(3)5-6;;;/h2*4H,5H2,1-3H3;2*1H3;/q;;2*-1;+2. The van der Waals surface area contributed by atoms with Crippen molar-refractivity contribution >= 4 is 0 Å². The Morgan fingerprint density at radius 3 is 0.947 bits per heavy atom. The molecule has 0 amide bonds. The SMILES string of the molecule is CC1=CC(C)=C(C)C1.CC1=CC(C)=C(C)C1.[CH3-].[CH3-].[Ti+2]. The molecule has 0 heterocycles. The first kappa shape index (κ1) is 23.7. The Labute approximate surface area is 136 Å². The van der Waals surface area contributed by atoms with Crippen molar-refractivity contribution in [3.63, 3.8) is 0 Å². The van der Waals surface area contributed by atoms with Crippen molar-refractivity contribution in [1.82, 2.24) is 0 Å². The van der Waals surface area contributed by atoms with Crippen LogP contribution >= 0.6 is 0 Å². The molecule has 0 saturated heterocycles. The van der Waals surface area contributed by atoms with Crippen molar-refractivity contribution in [2.45, 2.75) is 54.4 Å². The Morgan fingerprint density at radius 1 is 0.632 bits per heavy atom. The van der Waals surface area contributed by atoms with Crippen LogP contribution in [0.15, 0.2) is 45.6 Å². The third kappa shape index (κ3) is 7.75. The molecule has 1 heteroatoms. The molecule has 0 aliphatic heterocycles. The molecular formula is C18H30Ti. The summed E-state index contributed by atoms with van der Waals surface area (Å²) in [5.41, 5.74) is 8.98. The van der Waals surface area contributed by atoms with Gasteiger partial charge in [-0.05, 0) is 54.4 Å². The Hall–Kier alpha value is -0.326. The van der Waals surface area contributed by atoms with Gasteiger partial charge >= 0.3 is 21.7 Å². The van der Waals surface area contributed by atoms with Gasteiger partial charge in [-0.15, -0.1) is 0 Å². The number of allylic oxidation sites excluding steroid dienone is 8. The zero-order chi connectivity index (χ0) is 12.3. The van der Waals surface area contributed by atoms with E-state index in [0.29, 0.717) is 0 Å². The molecular weight excluding hydrogens is 264 g/mol. The van der Waals surface area contributed by atoms with E-state index < -0.39 is 0 Å². The molecule has 0 fully saturated rings. The Morgan fingerprint density at radius 2 is 0.895 bits per heavy atom. The molecule has 2 aliphatic rings. The first-order valence-corrected chi connectivity index (χ1v) is 6.07. The van der Waals surface area contributed by atoms with Crippen LogP contribution in [-0.4, -0.2) is 0 Å². The van der Waals surface area contributed by atoms with Gasteiger partial charge in [-0.1, -0.05) is 45.6 Å². The predicted octanol–water partition coefficient (Wildman–Crippen LogP) is 6.24. The molecule has 0 bridgehead atoms. The molecule has 0 aromatic rings. The maximum absolute atomic E-state index is 2.26. The van der Waals surface area contributed by atoms with E-state index in [0.717, 1.165) is 0 Å². The van der Waals surface area contributed by atoms with Crippen molar-refractivity contribution in [3.05, 3.63) is 60.4 Å². The van der Waals surface area contributed by atoms with Crippen LogP contribution in [0.1, 0.15) is 54.4 Å². The van der Waals surface area contributed by atoms with Crippen LogP contribution in [0.3, 0.4) is 0 Å². The summed E-state index contributed by atoms with van der Waals surface area (Å²) in [6.45, 7) is 13.1. The third-order valence-electron chi connectivity index (χ3n) is 3.36.